The van der Waals surface area contributed by atoms with Crippen LogP contribution in [-0.2, 0) is 0 Å². The largest absolute Gasteiger partial charge is 0.475 e. The van der Waals surface area contributed by atoms with E-state index < -0.39 is 0 Å². The highest BCUT2D eigenvalue weighted by Gasteiger charge is 2.14. The zero-order chi connectivity index (χ0) is 11.4. The van der Waals surface area contributed by atoms with Crippen molar-refractivity contribution in [3.05, 3.63) is 18.3 Å². The van der Waals surface area contributed by atoms with Gasteiger partial charge < -0.3 is 10.1 Å². The summed E-state index contributed by atoms with van der Waals surface area (Å²) in [6, 6.07) is 4.61. The van der Waals surface area contributed by atoms with Crippen LogP contribution in [0.2, 0.25) is 0 Å². The molecule has 1 aliphatic carbocycles. The molecule has 3 heteroatoms. The van der Waals surface area contributed by atoms with E-state index in [0.717, 1.165) is 5.69 Å². The molecule has 1 heterocycles. The van der Waals surface area contributed by atoms with E-state index in [2.05, 4.69) is 10.3 Å². The molecule has 1 fully saturated rings. The first-order valence-electron chi connectivity index (χ1n) is 6.13. The number of aromatic nitrogens is 1. The van der Waals surface area contributed by atoms with Crippen molar-refractivity contribution >= 4 is 5.69 Å². The van der Waals surface area contributed by atoms with Crippen LogP contribution in [0.5, 0.6) is 5.88 Å². The van der Waals surface area contributed by atoms with Crippen LogP contribution in [0.3, 0.4) is 0 Å². The molecule has 2 rings (SSSR count). The molecule has 0 saturated heterocycles. The molecule has 0 unspecified atom stereocenters. The number of hydrogen-bond acceptors (Lipinski definition) is 3. The fraction of sp³-hybridized carbons (Fsp3) is 0.615. The van der Waals surface area contributed by atoms with Crippen LogP contribution in [0, 0.1) is 0 Å². The predicted octanol–water partition coefficient (Wildman–Crippen LogP) is 3.22. The molecule has 1 aliphatic rings. The number of nitrogens with one attached hydrogen (secondary N) is 1. The van der Waals surface area contributed by atoms with Gasteiger partial charge in [0.25, 0.3) is 0 Å². The first kappa shape index (κ1) is 11.2. The molecule has 16 heavy (non-hydrogen) atoms. The molecule has 0 aliphatic heterocycles. The SMILES string of the molecule is CC(C)Oc1ccc(NC2CCCC2)cn1. The summed E-state index contributed by atoms with van der Waals surface area (Å²) in [4.78, 5) is 4.28. The van der Waals surface area contributed by atoms with Crippen molar-refractivity contribution in [3.63, 3.8) is 0 Å². The van der Waals surface area contributed by atoms with Crippen molar-refractivity contribution in [3.8, 4) is 5.88 Å². The average Bonchev–Trinajstić information content (AvgIpc) is 2.73. The van der Waals surface area contributed by atoms with Crippen molar-refractivity contribution in [1.29, 1.82) is 0 Å². The summed E-state index contributed by atoms with van der Waals surface area (Å²) in [5.41, 5.74) is 1.10. The Morgan fingerprint density at radius 2 is 2.06 bits per heavy atom. The first-order valence-corrected chi connectivity index (χ1v) is 6.13. The van der Waals surface area contributed by atoms with Crippen LogP contribution in [0.15, 0.2) is 18.3 Å². The third kappa shape index (κ3) is 3.12. The third-order valence-electron chi connectivity index (χ3n) is 2.82. The number of hydrogen-bond donors (Lipinski definition) is 1. The Hall–Kier alpha value is -1.25. The predicted molar refractivity (Wildman–Crippen MR) is 65.9 cm³/mol. The molecule has 3 nitrogen and oxygen atoms in total. The van der Waals surface area contributed by atoms with Crippen LogP contribution in [0.25, 0.3) is 0 Å². The van der Waals surface area contributed by atoms with Gasteiger partial charge in [-0.1, -0.05) is 12.8 Å². The molecular weight excluding hydrogens is 200 g/mol. The lowest BCUT2D eigenvalue weighted by atomic mass is 10.2. The third-order valence-corrected chi connectivity index (χ3v) is 2.82. The quantitative estimate of drug-likeness (QED) is 0.846. The van der Waals surface area contributed by atoms with Crippen LogP contribution in [0.4, 0.5) is 5.69 Å². The molecule has 0 bridgehead atoms. The Labute approximate surface area is 97.2 Å². The van der Waals surface area contributed by atoms with Gasteiger partial charge in [-0.05, 0) is 32.8 Å². The molecule has 0 aromatic carbocycles. The van der Waals surface area contributed by atoms with Gasteiger partial charge in [0.15, 0.2) is 0 Å². The lowest BCUT2D eigenvalue weighted by molar-refractivity contribution is 0.232. The standard InChI is InChI=1S/C13H20N2O/c1-10(2)16-13-8-7-12(9-14-13)15-11-5-3-4-6-11/h7-11,15H,3-6H2,1-2H3. The summed E-state index contributed by atoms with van der Waals surface area (Å²) < 4.78 is 5.50. The second-order valence-corrected chi connectivity index (χ2v) is 4.68. The smallest absolute Gasteiger partial charge is 0.213 e. The van der Waals surface area contributed by atoms with Gasteiger partial charge in [0.05, 0.1) is 18.0 Å². The molecule has 1 aromatic heterocycles. The summed E-state index contributed by atoms with van der Waals surface area (Å²) in [5.74, 6) is 0.701. The van der Waals surface area contributed by atoms with Gasteiger partial charge in [0, 0.05) is 12.1 Å². The van der Waals surface area contributed by atoms with Gasteiger partial charge in [-0.25, -0.2) is 4.98 Å². The van der Waals surface area contributed by atoms with Crippen LogP contribution < -0.4 is 10.1 Å². The van der Waals surface area contributed by atoms with E-state index >= 15 is 0 Å². The zero-order valence-electron chi connectivity index (χ0n) is 10.1. The maximum absolute atomic E-state index is 5.50. The van der Waals surface area contributed by atoms with E-state index in [0.29, 0.717) is 11.9 Å². The maximum atomic E-state index is 5.50. The van der Waals surface area contributed by atoms with Gasteiger partial charge >= 0.3 is 0 Å². The first-order chi connectivity index (χ1) is 7.74. The monoisotopic (exact) mass is 220 g/mol. The number of nitrogens with zero attached hydrogens (tertiary/aromatic N) is 1. The Balaban J connectivity index is 1.90. The fourth-order valence-electron chi connectivity index (χ4n) is 2.08. The van der Waals surface area contributed by atoms with Crippen LogP contribution in [0.1, 0.15) is 39.5 Å². The van der Waals surface area contributed by atoms with Crippen LogP contribution in [-0.4, -0.2) is 17.1 Å². The highest BCUT2D eigenvalue weighted by Crippen LogP contribution is 2.22. The molecule has 0 amide bonds. The molecular formula is C13H20N2O. The van der Waals surface area contributed by atoms with Gasteiger partial charge in [0.1, 0.15) is 0 Å². The Morgan fingerprint density at radius 1 is 1.31 bits per heavy atom. The Bertz CT molecular complexity index is 315. The van der Waals surface area contributed by atoms with E-state index in [-0.39, 0.29) is 6.10 Å². The lowest BCUT2D eigenvalue weighted by Gasteiger charge is -2.14. The summed E-state index contributed by atoms with van der Waals surface area (Å²) in [7, 11) is 0. The number of rotatable bonds is 4. The fourth-order valence-corrected chi connectivity index (χ4v) is 2.08. The Kier molecular flexibility index (Phi) is 3.65. The maximum Gasteiger partial charge on any atom is 0.213 e. The van der Waals surface area contributed by atoms with Crippen molar-refractivity contribution in [2.75, 3.05) is 5.32 Å². The molecule has 1 saturated carbocycles. The molecule has 88 valence electrons. The second-order valence-electron chi connectivity index (χ2n) is 4.68. The van der Waals surface area contributed by atoms with Gasteiger partial charge in [0.2, 0.25) is 5.88 Å². The zero-order valence-corrected chi connectivity index (χ0v) is 10.1. The summed E-state index contributed by atoms with van der Waals surface area (Å²) in [6.07, 6.45) is 7.30. The minimum absolute atomic E-state index is 0.182. The van der Waals surface area contributed by atoms with Crippen molar-refractivity contribution in [1.82, 2.24) is 4.98 Å². The lowest BCUT2D eigenvalue weighted by Crippen LogP contribution is -2.14. The van der Waals surface area contributed by atoms with Crippen molar-refractivity contribution in [2.45, 2.75) is 51.7 Å². The van der Waals surface area contributed by atoms with E-state index in [9.17, 15) is 0 Å². The van der Waals surface area contributed by atoms with E-state index in [1.165, 1.54) is 25.7 Å². The topological polar surface area (TPSA) is 34.1 Å². The minimum Gasteiger partial charge on any atom is -0.475 e. The summed E-state index contributed by atoms with van der Waals surface area (Å²) in [6.45, 7) is 4.01. The van der Waals surface area contributed by atoms with Crippen molar-refractivity contribution < 1.29 is 4.74 Å². The number of pyridine rings is 1. The van der Waals surface area contributed by atoms with E-state index in [1.807, 2.05) is 32.2 Å². The molecule has 0 spiro atoms. The normalized spacial score (nSPS) is 16.7. The minimum atomic E-state index is 0.182. The molecule has 1 aromatic rings. The summed E-state index contributed by atoms with van der Waals surface area (Å²) in [5, 5.41) is 3.50. The van der Waals surface area contributed by atoms with Gasteiger partial charge in [-0.15, -0.1) is 0 Å². The van der Waals surface area contributed by atoms with E-state index in [1.54, 1.807) is 0 Å². The second kappa shape index (κ2) is 5.19. The van der Waals surface area contributed by atoms with Gasteiger partial charge in [-0.3, -0.25) is 0 Å². The highest BCUT2D eigenvalue weighted by atomic mass is 16.5. The van der Waals surface area contributed by atoms with Crippen LogP contribution >= 0.6 is 0 Å². The molecule has 0 radical (unpaired) electrons. The van der Waals surface area contributed by atoms with E-state index in [4.69, 9.17) is 4.74 Å². The summed E-state index contributed by atoms with van der Waals surface area (Å²) >= 11 is 0. The van der Waals surface area contributed by atoms with Crippen molar-refractivity contribution in [2.24, 2.45) is 0 Å². The Morgan fingerprint density at radius 3 is 2.62 bits per heavy atom. The highest BCUT2D eigenvalue weighted by molar-refractivity contribution is 5.43. The van der Waals surface area contributed by atoms with Gasteiger partial charge in [-0.2, -0.15) is 0 Å². The molecule has 1 N–H and O–H groups in total. The molecule has 0 atom stereocenters. The average molecular weight is 220 g/mol. The number of anilines is 1. The number of ether oxygens (including phenoxy) is 1.